The number of halogens is 1. The van der Waals surface area contributed by atoms with Crippen molar-refractivity contribution in [3.05, 3.63) is 29.8 Å². The topological polar surface area (TPSA) is 64.3 Å². The van der Waals surface area contributed by atoms with Gasteiger partial charge in [-0.15, -0.1) is 0 Å². The number of benzene rings is 1. The van der Waals surface area contributed by atoms with E-state index in [0.29, 0.717) is 18.6 Å². The predicted octanol–water partition coefficient (Wildman–Crippen LogP) is 1.39. The van der Waals surface area contributed by atoms with Crippen molar-refractivity contribution < 1.29 is 9.18 Å². The summed E-state index contributed by atoms with van der Waals surface area (Å²) in [5.41, 5.74) is 1.48. The van der Waals surface area contributed by atoms with Crippen molar-refractivity contribution in [3.63, 3.8) is 0 Å². The molecule has 1 aromatic carbocycles. The minimum Gasteiger partial charge on any atom is -0.355 e. The Bertz CT molecular complexity index is 717. The molecule has 1 aromatic heterocycles. The fourth-order valence-electron chi connectivity index (χ4n) is 3.15. The molecule has 1 amide bonds. The number of hydrogen-bond donors (Lipinski definition) is 2. The van der Waals surface area contributed by atoms with Crippen LogP contribution in [0.25, 0.3) is 11.0 Å². The van der Waals surface area contributed by atoms with Gasteiger partial charge in [0.05, 0.1) is 17.6 Å². The van der Waals surface area contributed by atoms with Crippen molar-refractivity contribution in [1.29, 1.82) is 0 Å². The van der Waals surface area contributed by atoms with Gasteiger partial charge in [-0.2, -0.15) is 0 Å². The number of aromatic nitrogens is 2. The first-order valence-corrected chi connectivity index (χ1v) is 8.92. The van der Waals surface area contributed by atoms with Crippen molar-refractivity contribution in [2.45, 2.75) is 19.3 Å². The number of rotatable bonds is 6. The van der Waals surface area contributed by atoms with Gasteiger partial charge in [-0.05, 0) is 51.2 Å². The first-order chi connectivity index (χ1) is 12.1. The van der Waals surface area contributed by atoms with Crippen molar-refractivity contribution in [2.75, 3.05) is 46.3 Å². The predicted molar refractivity (Wildman–Crippen MR) is 95.9 cm³/mol. The van der Waals surface area contributed by atoms with Crippen molar-refractivity contribution >= 4 is 16.9 Å². The number of likely N-dealkylation sites (N-methyl/N-ethyl adjacent to an activating group) is 1. The quantitative estimate of drug-likeness (QED) is 0.775. The monoisotopic (exact) mass is 347 g/mol. The van der Waals surface area contributed by atoms with Crippen molar-refractivity contribution in [3.8, 4) is 0 Å². The van der Waals surface area contributed by atoms with Crippen LogP contribution in [0.4, 0.5) is 4.39 Å². The third-order valence-electron chi connectivity index (χ3n) is 4.58. The van der Waals surface area contributed by atoms with Gasteiger partial charge in [0.1, 0.15) is 11.6 Å². The van der Waals surface area contributed by atoms with Crippen LogP contribution in [0.15, 0.2) is 18.2 Å². The maximum atomic E-state index is 13.2. The number of amides is 1. The van der Waals surface area contributed by atoms with Crippen LogP contribution in [0.2, 0.25) is 0 Å². The first-order valence-electron chi connectivity index (χ1n) is 8.92. The Morgan fingerprint density at radius 3 is 3.08 bits per heavy atom. The van der Waals surface area contributed by atoms with E-state index in [2.05, 4.69) is 32.1 Å². The largest absolute Gasteiger partial charge is 0.355 e. The smallest absolute Gasteiger partial charge is 0.234 e. The average Bonchev–Trinajstić information content (AvgIpc) is 2.87. The van der Waals surface area contributed by atoms with Crippen LogP contribution in [0.5, 0.6) is 0 Å². The van der Waals surface area contributed by atoms with Crippen molar-refractivity contribution in [1.82, 2.24) is 25.1 Å². The highest BCUT2D eigenvalue weighted by atomic mass is 19.1. The SMILES string of the molecule is CN1CCCN(CC(=O)NCCCc2nc3ccc(F)cc3[nH]2)CC1. The molecule has 0 spiro atoms. The van der Waals surface area contributed by atoms with E-state index in [9.17, 15) is 9.18 Å². The molecule has 7 heteroatoms. The molecule has 136 valence electrons. The summed E-state index contributed by atoms with van der Waals surface area (Å²) in [4.78, 5) is 24.1. The second-order valence-electron chi connectivity index (χ2n) is 6.73. The Kier molecular flexibility index (Phi) is 5.99. The maximum absolute atomic E-state index is 13.2. The minimum absolute atomic E-state index is 0.0798. The second-order valence-corrected chi connectivity index (χ2v) is 6.73. The molecule has 2 aromatic rings. The molecular formula is C18H26FN5O. The van der Waals surface area contributed by atoms with Crippen LogP contribution < -0.4 is 5.32 Å². The molecule has 1 aliphatic rings. The van der Waals surface area contributed by atoms with E-state index < -0.39 is 0 Å². The highest BCUT2D eigenvalue weighted by molar-refractivity contribution is 5.78. The average molecular weight is 347 g/mol. The Labute approximate surface area is 147 Å². The van der Waals surface area contributed by atoms with E-state index >= 15 is 0 Å². The number of hydrogen-bond acceptors (Lipinski definition) is 4. The van der Waals surface area contributed by atoms with Gasteiger partial charge in [0.25, 0.3) is 0 Å². The van der Waals surface area contributed by atoms with E-state index in [1.165, 1.54) is 12.1 Å². The fourth-order valence-corrected chi connectivity index (χ4v) is 3.15. The molecule has 0 atom stereocenters. The number of carbonyl (C=O) groups is 1. The molecule has 2 N–H and O–H groups in total. The normalized spacial score (nSPS) is 16.9. The van der Waals surface area contributed by atoms with Crippen LogP contribution in [0.3, 0.4) is 0 Å². The number of aryl methyl sites for hydroxylation is 1. The summed E-state index contributed by atoms with van der Waals surface area (Å²) >= 11 is 0. The number of fused-ring (bicyclic) bond motifs is 1. The Balaban J connectivity index is 1.38. The molecular weight excluding hydrogens is 321 g/mol. The zero-order valence-electron chi connectivity index (χ0n) is 14.7. The summed E-state index contributed by atoms with van der Waals surface area (Å²) in [5.74, 6) is 0.635. The summed E-state index contributed by atoms with van der Waals surface area (Å²) < 4.78 is 13.2. The lowest BCUT2D eigenvalue weighted by atomic mass is 10.3. The molecule has 0 saturated carbocycles. The molecule has 1 aliphatic heterocycles. The van der Waals surface area contributed by atoms with E-state index in [0.717, 1.165) is 56.8 Å². The third kappa shape index (κ3) is 5.24. The van der Waals surface area contributed by atoms with Crippen LogP contribution in [-0.4, -0.2) is 72.0 Å². The van der Waals surface area contributed by atoms with E-state index in [1.807, 2.05) is 0 Å². The molecule has 1 fully saturated rings. The number of nitrogens with zero attached hydrogens (tertiary/aromatic N) is 3. The lowest BCUT2D eigenvalue weighted by Crippen LogP contribution is -2.39. The number of nitrogens with one attached hydrogen (secondary N) is 2. The van der Waals surface area contributed by atoms with Gasteiger partial charge in [0.15, 0.2) is 0 Å². The van der Waals surface area contributed by atoms with Crippen molar-refractivity contribution in [2.24, 2.45) is 0 Å². The van der Waals surface area contributed by atoms with Gasteiger partial charge in [-0.3, -0.25) is 9.69 Å². The van der Waals surface area contributed by atoms with Crippen LogP contribution in [0, 0.1) is 5.82 Å². The summed E-state index contributed by atoms with van der Waals surface area (Å²) in [6.45, 7) is 5.13. The van der Waals surface area contributed by atoms with Gasteiger partial charge in [-0.1, -0.05) is 0 Å². The molecule has 1 saturated heterocycles. The molecule has 25 heavy (non-hydrogen) atoms. The highest BCUT2D eigenvalue weighted by Gasteiger charge is 2.14. The van der Waals surface area contributed by atoms with Gasteiger partial charge in [0, 0.05) is 26.1 Å². The van der Waals surface area contributed by atoms with Crippen LogP contribution in [0.1, 0.15) is 18.7 Å². The lowest BCUT2D eigenvalue weighted by Gasteiger charge is -2.19. The van der Waals surface area contributed by atoms with Gasteiger partial charge in [-0.25, -0.2) is 9.37 Å². The summed E-state index contributed by atoms with van der Waals surface area (Å²) in [5, 5.41) is 2.98. The van der Waals surface area contributed by atoms with Crippen LogP contribution in [-0.2, 0) is 11.2 Å². The second kappa shape index (κ2) is 8.40. The van der Waals surface area contributed by atoms with E-state index in [4.69, 9.17) is 0 Å². The molecule has 0 unspecified atom stereocenters. The number of aromatic amines is 1. The Morgan fingerprint density at radius 1 is 1.32 bits per heavy atom. The molecule has 0 aliphatic carbocycles. The summed E-state index contributed by atoms with van der Waals surface area (Å²) in [6.07, 6.45) is 2.64. The number of carbonyl (C=O) groups excluding carboxylic acids is 1. The van der Waals surface area contributed by atoms with Gasteiger partial charge in [0.2, 0.25) is 5.91 Å². The highest BCUT2D eigenvalue weighted by Crippen LogP contribution is 2.13. The van der Waals surface area contributed by atoms with Gasteiger partial charge < -0.3 is 15.2 Å². The molecule has 0 bridgehead atoms. The Morgan fingerprint density at radius 2 is 2.20 bits per heavy atom. The fraction of sp³-hybridized carbons (Fsp3) is 0.556. The lowest BCUT2D eigenvalue weighted by molar-refractivity contribution is -0.122. The zero-order chi connectivity index (χ0) is 17.6. The maximum Gasteiger partial charge on any atom is 0.234 e. The summed E-state index contributed by atoms with van der Waals surface area (Å²) in [6, 6.07) is 4.53. The molecule has 3 rings (SSSR count). The number of H-pyrrole nitrogens is 1. The summed E-state index contributed by atoms with van der Waals surface area (Å²) in [7, 11) is 2.12. The van der Waals surface area contributed by atoms with Crippen LogP contribution >= 0.6 is 0 Å². The first kappa shape index (κ1) is 17.8. The zero-order valence-corrected chi connectivity index (χ0v) is 14.7. The minimum atomic E-state index is -0.269. The standard InChI is InChI=1S/C18H26FN5O/c1-23-8-3-9-24(11-10-23)13-18(25)20-7-2-4-17-21-15-6-5-14(19)12-16(15)22-17/h5-6,12H,2-4,7-11,13H2,1H3,(H,20,25)(H,21,22). The third-order valence-corrected chi connectivity index (χ3v) is 4.58. The molecule has 0 radical (unpaired) electrons. The van der Waals surface area contributed by atoms with Gasteiger partial charge >= 0.3 is 0 Å². The number of imidazole rings is 1. The molecule has 6 nitrogen and oxygen atoms in total. The van der Waals surface area contributed by atoms with E-state index in [1.54, 1.807) is 6.07 Å². The van der Waals surface area contributed by atoms with E-state index in [-0.39, 0.29) is 11.7 Å². The molecule has 2 heterocycles. The Hall–Kier alpha value is -1.99.